The van der Waals surface area contributed by atoms with E-state index in [2.05, 4.69) is 15.2 Å². The molecule has 0 bridgehead atoms. The zero-order chi connectivity index (χ0) is 18.5. The Balaban J connectivity index is 1.77. The molecule has 1 heterocycles. The number of carbonyl (C=O) groups is 1. The van der Waals surface area contributed by atoms with Gasteiger partial charge in [0.1, 0.15) is 5.75 Å². The highest BCUT2D eigenvalue weighted by Crippen LogP contribution is 2.21. The number of fused-ring (bicyclic) bond motifs is 1. The molecule has 0 aliphatic carbocycles. The summed E-state index contributed by atoms with van der Waals surface area (Å²) in [5, 5.41) is 4.01. The lowest BCUT2D eigenvalue weighted by Crippen LogP contribution is -2.34. The van der Waals surface area contributed by atoms with E-state index in [1.807, 2.05) is 68.7 Å². The molecule has 0 saturated heterocycles. The molecule has 1 N–H and O–H groups in total. The predicted molar refractivity (Wildman–Crippen MR) is 103 cm³/mol. The number of ether oxygens (including phenoxy) is 1. The molecule has 0 aliphatic rings. The van der Waals surface area contributed by atoms with Crippen molar-refractivity contribution in [1.82, 2.24) is 15.2 Å². The third-order valence-electron chi connectivity index (χ3n) is 4.46. The lowest BCUT2D eigenvalue weighted by Gasteiger charge is -2.25. The molecule has 0 radical (unpaired) electrons. The summed E-state index contributed by atoms with van der Waals surface area (Å²) in [4.78, 5) is 19.2. The van der Waals surface area contributed by atoms with Gasteiger partial charge in [-0.25, -0.2) is 0 Å². The summed E-state index contributed by atoms with van der Waals surface area (Å²) in [7, 11) is 5.65. The van der Waals surface area contributed by atoms with Crippen molar-refractivity contribution in [3.05, 3.63) is 71.9 Å². The molecule has 0 spiro atoms. The van der Waals surface area contributed by atoms with Crippen molar-refractivity contribution >= 4 is 16.8 Å². The fourth-order valence-electron chi connectivity index (χ4n) is 3.00. The van der Waals surface area contributed by atoms with Gasteiger partial charge in [-0.05, 0) is 43.9 Å². The fourth-order valence-corrected chi connectivity index (χ4v) is 3.00. The third-order valence-corrected chi connectivity index (χ3v) is 4.46. The number of nitrogens with zero attached hydrogens (tertiary/aromatic N) is 2. The normalized spacial score (nSPS) is 12.2. The highest BCUT2D eigenvalue weighted by atomic mass is 16.5. The minimum absolute atomic E-state index is 0.0628. The smallest absolute Gasteiger partial charge is 0.253 e. The van der Waals surface area contributed by atoms with Gasteiger partial charge in [-0.1, -0.05) is 30.3 Å². The van der Waals surface area contributed by atoms with E-state index in [4.69, 9.17) is 4.74 Å². The monoisotopic (exact) mass is 349 g/mol. The van der Waals surface area contributed by atoms with E-state index in [0.29, 0.717) is 12.1 Å². The molecular formula is C21H23N3O2. The summed E-state index contributed by atoms with van der Waals surface area (Å²) in [6.07, 6.45) is 1.71. The Morgan fingerprint density at radius 1 is 1.12 bits per heavy atom. The van der Waals surface area contributed by atoms with E-state index in [1.54, 1.807) is 13.3 Å². The predicted octanol–water partition coefficient (Wildman–Crippen LogP) is 3.28. The standard InChI is InChI=1S/C21H23N3O2/c1-24(2)19(15-9-11-17(26-3)12-10-15)14-23-21(25)18-8-4-6-16-7-5-13-22-20(16)18/h4-13,19H,14H2,1-3H3,(H,23,25)/t19-/m1/s1. The number of likely N-dealkylation sites (N-methyl/N-ethyl adjacent to an activating group) is 1. The van der Waals surface area contributed by atoms with E-state index in [9.17, 15) is 4.79 Å². The Kier molecular flexibility index (Phi) is 5.49. The molecule has 134 valence electrons. The zero-order valence-corrected chi connectivity index (χ0v) is 15.3. The van der Waals surface area contributed by atoms with Gasteiger partial charge in [0.2, 0.25) is 0 Å². The van der Waals surface area contributed by atoms with Crippen LogP contribution in [0.5, 0.6) is 5.75 Å². The van der Waals surface area contributed by atoms with Gasteiger partial charge in [-0.2, -0.15) is 0 Å². The first kappa shape index (κ1) is 17.9. The van der Waals surface area contributed by atoms with Crippen LogP contribution in [-0.4, -0.2) is 43.5 Å². The molecule has 0 unspecified atom stereocenters. The van der Waals surface area contributed by atoms with Crippen LogP contribution >= 0.6 is 0 Å². The molecule has 5 nitrogen and oxygen atoms in total. The number of nitrogens with one attached hydrogen (secondary N) is 1. The fraction of sp³-hybridized carbons (Fsp3) is 0.238. The first-order valence-electron chi connectivity index (χ1n) is 8.52. The SMILES string of the molecule is COc1ccc([C@@H](CNC(=O)c2cccc3cccnc23)N(C)C)cc1. The van der Waals surface area contributed by atoms with Gasteiger partial charge in [0.25, 0.3) is 5.91 Å². The first-order chi connectivity index (χ1) is 12.6. The number of hydrogen-bond acceptors (Lipinski definition) is 4. The van der Waals surface area contributed by atoms with Crippen LogP contribution < -0.4 is 10.1 Å². The van der Waals surface area contributed by atoms with Crippen LogP contribution in [0.3, 0.4) is 0 Å². The van der Waals surface area contributed by atoms with E-state index in [1.165, 1.54) is 0 Å². The summed E-state index contributed by atoms with van der Waals surface area (Å²) in [5.74, 6) is 0.701. The van der Waals surface area contributed by atoms with E-state index in [0.717, 1.165) is 22.2 Å². The van der Waals surface area contributed by atoms with Gasteiger partial charge >= 0.3 is 0 Å². The summed E-state index contributed by atoms with van der Waals surface area (Å²) in [5.41, 5.74) is 2.43. The third kappa shape index (κ3) is 3.83. The van der Waals surface area contributed by atoms with E-state index < -0.39 is 0 Å². The molecule has 2 aromatic carbocycles. The highest BCUT2D eigenvalue weighted by molar-refractivity contribution is 6.05. The van der Waals surface area contributed by atoms with E-state index in [-0.39, 0.29) is 11.9 Å². The molecule has 1 aromatic heterocycles. The molecule has 0 aliphatic heterocycles. The number of para-hydroxylation sites is 1. The number of hydrogen-bond donors (Lipinski definition) is 1. The molecule has 3 aromatic rings. The number of aromatic nitrogens is 1. The van der Waals surface area contributed by atoms with Crippen LogP contribution in [0.2, 0.25) is 0 Å². The molecule has 0 saturated carbocycles. The number of carbonyl (C=O) groups excluding carboxylic acids is 1. The minimum atomic E-state index is -0.116. The number of rotatable bonds is 6. The molecule has 1 amide bonds. The largest absolute Gasteiger partial charge is 0.497 e. The van der Waals surface area contributed by atoms with Crippen molar-refractivity contribution in [3.8, 4) is 5.75 Å². The van der Waals surface area contributed by atoms with Crippen LogP contribution in [-0.2, 0) is 0 Å². The van der Waals surface area contributed by atoms with Gasteiger partial charge in [0.05, 0.1) is 24.2 Å². The Hall–Kier alpha value is -2.92. The second-order valence-corrected chi connectivity index (χ2v) is 6.34. The van der Waals surface area contributed by atoms with Crippen molar-refractivity contribution in [2.45, 2.75) is 6.04 Å². The Morgan fingerprint density at radius 3 is 2.54 bits per heavy atom. The summed E-state index contributed by atoms with van der Waals surface area (Å²) < 4.78 is 5.22. The Bertz CT molecular complexity index is 886. The maximum Gasteiger partial charge on any atom is 0.253 e. The van der Waals surface area contributed by atoms with Crippen LogP contribution in [0.15, 0.2) is 60.8 Å². The van der Waals surface area contributed by atoms with Crippen molar-refractivity contribution in [1.29, 1.82) is 0 Å². The average Bonchev–Trinajstić information content (AvgIpc) is 2.67. The molecule has 3 rings (SSSR count). The number of methoxy groups -OCH3 is 1. The van der Waals surface area contributed by atoms with Gasteiger partial charge in [0, 0.05) is 18.1 Å². The maximum atomic E-state index is 12.7. The summed E-state index contributed by atoms with van der Waals surface area (Å²) in [6.45, 7) is 0.501. The topological polar surface area (TPSA) is 54.5 Å². The number of amides is 1. The Labute approximate surface area is 153 Å². The second-order valence-electron chi connectivity index (χ2n) is 6.34. The number of benzene rings is 2. The van der Waals surface area contributed by atoms with Crippen molar-refractivity contribution in [2.75, 3.05) is 27.7 Å². The highest BCUT2D eigenvalue weighted by Gasteiger charge is 2.17. The first-order valence-corrected chi connectivity index (χ1v) is 8.52. The molecular weight excluding hydrogens is 326 g/mol. The second kappa shape index (κ2) is 7.97. The van der Waals surface area contributed by atoms with Crippen LogP contribution in [0, 0.1) is 0 Å². The van der Waals surface area contributed by atoms with Crippen molar-refractivity contribution < 1.29 is 9.53 Å². The minimum Gasteiger partial charge on any atom is -0.497 e. The Morgan fingerprint density at radius 2 is 1.85 bits per heavy atom. The van der Waals surface area contributed by atoms with Crippen LogP contribution in [0.1, 0.15) is 22.0 Å². The van der Waals surface area contributed by atoms with Gasteiger partial charge in [-0.3, -0.25) is 9.78 Å². The van der Waals surface area contributed by atoms with E-state index >= 15 is 0 Å². The van der Waals surface area contributed by atoms with Gasteiger partial charge in [0.15, 0.2) is 0 Å². The van der Waals surface area contributed by atoms with Gasteiger partial charge in [-0.15, -0.1) is 0 Å². The summed E-state index contributed by atoms with van der Waals surface area (Å²) in [6, 6.07) is 17.4. The lowest BCUT2D eigenvalue weighted by atomic mass is 10.0. The molecule has 1 atom stereocenters. The molecule has 26 heavy (non-hydrogen) atoms. The zero-order valence-electron chi connectivity index (χ0n) is 15.3. The molecule has 0 fully saturated rings. The number of pyridine rings is 1. The lowest BCUT2D eigenvalue weighted by molar-refractivity contribution is 0.0943. The van der Waals surface area contributed by atoms with Crippen LogP contribution in [0.25, 0.3) is 10.9 Å². The quantitative estimate of drug-likeness (QED) is 0.742. The van der Waals surface area contributed by atoms with Gasteiger partial charge < -0.3 is 15.0 Å². The van der Waals surface area contributed by atoms with Crippen molar-refractivity contribution in [2.24, 2.45) is 0 Å². The maximum absolute atomic E-state index is 12.7. The van der Waals surface area contributed by atoms with Crippen molar-refractivity contribution in [3.63, 3.8) is 0 Å². The molecule has 5 heteroatoms. The summed E-state index contributed by atoms with van der Waals surface area (Å²) >= 11 is 0. The van der Waals surface area contributed by atoms with Crippen LogP contribution in [0.4, 0.5) is 0 Å². The average molecular weight is 349 g/mol.